The van der Waals surface area contributed by atoms with E-state index in [0.29, 0.717) is 17.7 Å². The number of fused-ring (bicyclic) bond motifs is 1. The second-order valence-corrected chi connectivity index (χ2v) is 9.66. The van der Waals surface area contributed by atoms with Crippen molar-refractivity contribution in [3.63, 3.8) is 0 Å². The SMILES string of the molecule is CCc1nc2c(C)cc(C)nc2n1Cc1ccc(-c2ccccc2S(=O)(=O)NC(=O)OC)cc1. The molecule has 0 radical (unpaired) electrons. The first-order valence-corrected chi connectivity index (χ1v) is 12.3. The quantitative estimate of drug-likeness (QED) is 0.441. The summed E-state index contributed by atoms with van der Waals surface area (Å²) in [6.45, 7) is 6.69. The van der Waals surface area contributed by atoms with Gasteiger partial charge in [0.05, 0.1) is 18.6 Å². The number of hydrogen-bond acceptors (Lipinski definition) is 6. The molecule has 2 aromatic heterocycles. The summed E-state index contributed by atoms with van der Waals surface area (Å²) in [5.41, 5.74) is 6.06. The van der Waals surface area contributed by atoms with Gasteiger partial charge in [-0.25, -0.2) is 27.9 Å². The molecule has 0 spiro atoms. The number of methoxy groups -OCH3 is 1. The number of sulfonamides is 1. The van der Waals surface area contributed by atoms with Gasteiger partial charge in [-0.05, 0) is 42.7 Å². The van der Waals surface area contributed by atoms with Crippen LogP contribution in [0.2, 0.25) is 0 Å². The van der Waals surface area contributed by atoms with Gasteiger partial charge in [-0.2, -0.15) is 0 Å². The lowest BCUT2D eigenvalue weighted by atomic mass is 10.0. The predicted molar refractivity (Wildman–Crippen MR) is 130 cm³/mol. The highest BCUT2D eigenvalue weighted by Crippen LogP contribution is 2.28. The summed E-state index contributed by atoms with van der Waals surface area (Å²) in [6, 6.07) is 16.2. The van der Waals surface area contributed by atoms with E-state index in [9.17, 15) is 13.2 Å². The number of benzene rings is 2. The minimum atomic E-state index is -4.09. The number of nitrogens with zero attached hydrogens (tertiary/aromatic N) is 3. The van der Waals surface area contributed by atoms with Crippen LogP contribution >= 0.6 is 0 Å². The van der Waals surface area contributed by atoms with Gasteiger partial charge in [0.25, 0.3) is 10.0 Å². The number of aryl methyl sites for hydroxylation is 3. The zero-order chi connectivity index (χ0) is 24.5. The van der Waals surface area contributed by atoms with Gasteiger partial charge >= 0.3 is 6.09 Å². The Morgan fingerprint density at radius 1 is 1.06 bits per heavy atom. The van der Waals surface area contributed by atoms with Crippen LogP contribution in [-0.2, 0) is 27.7 Å². The number of rotatable bonds is 6. The second-order valence-electron chi connectivity index (χ2n) is 8.01. The third kappa shape index (κ3) is 4.51. The van der Waals surface area contributed by atoms with Crippen molar-refractivity contribution in [1.29, 1.82) is 0 Å². The minimum Gasteiger partial charge on any atom is -0.452 e. The van der Waals surface area contributed by atoms with Crippen LogP contribution in [-0.4, -0.2) is 36.2 Å². The maximum atomic E-state index is 12.7. The molecule has 176 valence electrons. The van der Waals surface area contributed by atoms with Crippen molar-refractivity contribution in [1.82, 2.24) is 19.3 Å². The number of carbonyl (C=O) groups excluding carboxylic acids is 1. The topological polar surface area (TPSA) is 103 Å². The minimum absolute atomic E-state index is 0.00262. The Hall–Kier alpha value is -3.72. The van der Waals surface area contributed by atoms with Gasteiger partial charge in [-0.3, -0.25) is 0 Å². The Kier molecular flexibility index (Phi) is 6.39. The first-order valence-electron chi connectivity index (χ1n) is 10.9. The largest absolute Gasteiger partial charge is 0.452 e. The van der Waals surface area contributed by atoms with Crippen LogP contribution < -0.4 is 4.72 Å². The van der Waals surface area contributed by atoms with Crippen molar-refractivity contribution in [2.24, 2.45) is 0 Å². The molecule has 0 aliphatic carbocycles. The van der Waals surface area contributed by atoms with E-state index >= 15 is 0 Å². The molecule has 2 aromatic carbocycles. The normalized spacial score (nSPS) is 11.5. The molecule has 1 amide bonds. The van der Waals surface area contributed by atoms with Crippen LogP contribution in [0.25, 0.3) is 22.3 Å². The molecule has 8 nitrogen and oxygen atoms in total. The maximum Gasteiger partial charge on any atom is 0.420 e. The highest BCUT2D eigenvalue weighted by Gasteiger charge is 2.22. The Balaban J connectivity index is 1.69. The third-order valence-corrected chi connectivity index (χ3v) is 6.97. The molecular formula is C25H26N4O4S. The molecule has 0 aliphatic rings. The fraction of sp³-hybridized carbons (Fsp3) is 0.240. The number of aromatic nitrogens is 3. The Morgan fingerprint density at radius 3 is 2.44 bits per heavy atom. The third-order valence-electron chi connectivity index (χ3n) is 5.60. The van der Waals surface area contributed by atoms with Crippen molar-refractivity contribution in [2.75, 3.05) is 7.11 Å². The average molecular weight is 479 g/mol. The molecule has 2 heterocycles. The van der Waals surface area contributed by atoms with E-state index in [2.05, 4.69) is 16.2 Å². The number of nitrogens with one attached hydrogen (secondary N) is 1. The fourth-order valence-electron chi connectivity index (χ4n) is 4.00. The highest BCUT2D eigenvalue weighted by atomic mass is 32.2. The molecule has 34 heavy (non-hydrogen) atoms. The molecule has 0 aliphatic heterocycles. The van der Waals surface area contributed by atoms with Gasteiger partial charge < -0.3 is 9.30 Å². The van der Waals surface area contributed by atoms with Crippen molar-refractivity contribution >= 4 is 27.3 Å². The van der Waals surface area contributed by atoms with Gasteiger partial charge in [0.1, 0.15) is 11.3 Å². The summed E-state index contributed by atoms with van der Waals surface area (Å²) >= 11 is 0. The molecule has 0 fully saturated rings. The molecule has 0 atom stereocenters. The van der Waals surface area contributed by atoms with E-state index in [1.165, 1.54) is 6.07 Å². The van der Waals surface area contributed by atoms with Gasteiger partial charge in [0.15, 0.2) is 5.65 Å². The van der Waals surface area contributed by atoms with Crippen LogP contribution in [0, 0.1) is 13.8 Å². The lowest BCUT2D eigenvalue weighted by molar-refractivity contribution is 0.177. The lowest BCUT2D eigenvalue weighted by Crippen LogP contribution is -2.30. The summed E-state index contributed by atoms with van der Waals surface area (Å²) in [5, 5.41) is 0. The number of pyridine rings is 1. The first-order chi connectivity index (χ1) is 16.2. The van der Waals surface area contributed by atoms with Crippen LogP contribution in [0.15, 0.2) is 59.5 Å². The van der Waals surface area contributed by atoms with E-state index in [1.807, 2.05) is 48.9 Å². The molecule has 0 saturated heterocycles. The van der Waals surface area contributed by atoms with Crippen molar-refractivity contribution in [2.45, 2.75) is 38.6 Å². The Labute approximate surface area is 198 Å². The summed E-state index contributed by atoms with van der Waals surface area (Å²) in [7, 11) is -2.98. The number of hydrogen-bond donors (Lipinski definition) is 1. The molecule has 4 aromatic rings. The molecule has 1 N–H and O–H groups in total. The van der Waals surface area contributed by atoms with Gasteiger partial charge in [0, 0.05) is 17.7 Å². The highest BCUT2D eigenvalue weighted by molar-refractivity contribution is 7.90. The van der Waals surface area contributed by atoms with E-state index in [4.69, 9.17) is 9.97 Å². The van der Waals surface area contributed by atoms with Crippen LogP contribution in [0.4, 0.5) is 4.79 Å². The van der Waals surface area contributed by atoms with E-state index in [0.717, 1.165) is 47.3 Å². The smallest absolute Gasteiger partial charge is 0.420 e. The lowest BCUT2D eigenvalue weighted by Gasteiger charge is -2.12. The Morgan fingerprint density at radius 2 is 1.76 bits per heavy atom. The van der Waals surface area contributed by atoms with E-state index < -0.39 is 16.1 Å². The van der Waals surface area contributed by atoms with E-state index in [-0.39, 0.29) is 4.90 Å². The predicted octanol–water partition coefficient (Wildman–Crippen LogP) is 4.37. The summed E-state index contributed by atoms with van der Waals surface area (Å²) in [4.78, 5) is 21.0. The van der Waals surface area contributed by atoms with Gasteiger partial charge in [-0.1, -0.05) is 49.4 Å². The molecule has 4 rings (SSSR count). The van der Waals surface area contributed by atoms with Crippen molar-refractivity contribution in [3.05, 3.63) is 77.2 Å². The molecule has 0 unspecified atom stereocenters. The van der Waals surface area contributed by atoms with Gasteiger partial charge in [0.2, 0.25) is 0 Å². The summed E-state index contributed by atoms with van der Waals surface area (Å²) in [6.07, 6.45) is -0.255. The monoisotopic (exact) mass is 478 g/mol. The van der Waals surface area contributed by atoms with Crippen LogP contribution in [0.1, 0.15) is 29.6 Å². The zero-order valence-corrected chi connectivity index (χ0v) is 20.3. The van der Waals surface area contributed by atoms with Gasteiger partial charge in [-0.15, -0.1) is 0 Å². The van der Waals surface area contributed by atoms with Crippen LogP contribution in [0.3, 0.4) is 0 Å². The summed E-state index contributed by atoms with van der Waals surface area (Å²) < 4.78 is 33.9. The molecule has 0 bridgehead atoms. The van der Waals surface area contributed by atoms with E-state index in [1.54, 1.807) is 18.2 Å². The molecule has 9 heteroatoms. The number of carbonyl (C=O) groups is 1. The fourth-order valence-corrected chi connectivity index (χ4v) is 5.15. The van der Waals surface area contributed by atoms with Crippen molar-refractivity contribution in [3.8, 4) is 11.1 Å². The molecular weight excluding hydrogens is 452 g/mol. The Bertz CT molecular complexity index is 1480. The van der Waals surface area contributed by atoms with Crippen molar-refractivity contribution < 1.29 is 17.9 Å². The standard InChI is InChI=1S/C25H26N4O4S/c1-5-22-27-23-16(2)14-17(3)26-24(23)29(22)15-18-10-12-19(13-11-18)20-8-6-7-9-21(20)34(31,32)28-25(30)33-4/h6-14H,5,15H2,1-4H3,(H,28,30). The second kappa shape index (κ2) is 9.26. The zero-order valence-electron chi connectivity index (χ0n) is 19.5. The number of ether oxygens (including phenoxy) is 1. The number of imidazole rings is 1. The summed E-state index contributed by atoms with van der Waals surface area (Å²) in [5.74, 6) is 0.964. The first kappa shape index (κ1) is 23.4. The average Bonchev–Trinajstić information content (AvgIpc) is 3.17. The molecule has 0 saturated carbocycles. The maximum absolute atomic E-state index is 12.7. The van der Waals surface area contributed by atoms with Crippen LogP contribution in [0.5, 0.6) is 0 Å². The number of amides is 1.